The minimum atomic E-state index is -6.06. The van der Waals surface area contributed by atoms with E-state index in [9.17, 15) is 38.6 Å². The molecular formula is C11H14BN5Na4O12P3S. The van der Waals surface area contributed by atoms with Gasteiger partial charge < -0.3 is 56.6 Å². The summed E-state index contributed by atoms with van der Waals surface area (Å²) in [6, 6.07) is 0. The molecule has 1 saturated heterocycles. The summed E-state index contributed by atoms with van der Waals surface area (Å²) in [5.41, 5.74) is 6.19. The second-order valence-corrected chi connectivity index (χ2v) is 11.6. The molecule has 1 fully saturated rings. The summed E-state index contributed by atoms with van der Waals surface area (Å²) in [5.74, 6) is 0.0576. The van der Waals surface area contributed by atoms with Gasteiger partial charge in [0.15, 0.2) is 22.8 Å². The fourth-order valence-electron chi connectivity index (χ4n) is 2.77. The number of rotatable bonds is 9. The minimum Gasteiger partial charge on any atom is -0.790 e. The summed E-state index contributed by atoms with van der Waals surface area (Å²) in [5, 5.41) is 20.9. The van der Waals surface area contributed by atoms with Crippen molar-refractivity contribution in [2.75, 3.05) is 18.6 Å². The minimum absolute atomic E-state index is 0. The molecule has 2 aromatic heterocycles. The number of hydrogen-bond acceptors (Lipinski definition) is 17. The maximum Gasteiger partial charge on any atom is 1.00 e. The van der Waals surface area contributed by atoms with Crippen LogP contribution in [0, 0.1) is 0 Å². The van der Waals surface area contributed by atoms with Gasteiger partial charge in [-0.1, -0.05) is 11.8 Å². The van der Waals surface area contributed by atoms with E-state index >= 15 is 0 Å². The third kappa shape index (κ3) is 11.6. The van der Waals surface area contributed by atoms with E-state index in [1.54, 1.807) is 6.26 Å². The molecule has 3 rings (SSSR count). The molecule has 37 heavy (non-hydrogen) atoms. The molecular weight excluding hydrogens is 622 g/mol. The topological polar surface area (TPSA) is 267 Å². The number of anilines is 1. The molecule has 0 amide bonds. The molecule has 3 radical (unpaired) electrons. The molecule has 0 saturated carbocycles. The number of hydrogen-bond donors (Lipinski definition) is 3. The second kappa shape index (κ2) is 16.8. The van der Waals surface area contributed by atoms with Crippen molar-refractivity contribution in [1.82, 2.24) is 19.5 Å². The van der Waals surface area contributed by atoms with Crippen molar-refractivity contribution in [3.8, 4) is 0 Å². The number of imidazole rings is 1. The average molecular weight is 636 g/mol. The van der Waals surface area contributed by atoms with Crippen molar-refractivity contribution < 1.29 is 175 Å². The number of ether oxygens (including phenoxy) is 1. The van der Waals surface area contributed by atoms with E-state index in [0.717, 1.165) is 0 Å². The molecule has 1 aliphatic rings. The van der Waals surface area contributed by atoms with E-state index in [4.69, 9.17) is 18.0 Å². The first-order valence-corrected chi connectivity index (χ1v) is 14.2. The van der Waals surface area contributed by atoms with Crippen LogP contribution in [0.1, 0.15) is 6.23 Å². The summed E-state index contributed by atoms with van der Waals surface area (Å²) >= 11 is 1.18. The van der Waals surface area contributed by atoms with Gasteiger partial charge in [-0.05, 0) is 6.26 Å². The Labute approximate surface area is 304 Å². The van der Waals surface area contributed by atoms with Crippen molar-refractivity contribution in [1.29, 1.82) is 0 Å². The van der Waals surface area contributed by atoms with Gasteiger partial charge in [0.2, 0.25) is 0 Å². The van der Waals surface area contributed by atoms with Crippen LogP contribution in [-0.2, 0) is 31.6 Å². The number of aliphatic hydroxyl groups is 2. The molecule has 17 nitrogen and oxygen atoms in total. The Bertz CT molecular complexity index is 1200. The third-order valence-corrected chi connectivity index (χ3v) is 8.42. The second-order valence-electron chi connectivity index (χ2n) is 6.36. The zero-order valence-corrected chi connectivity index (χ0v) is 31.8. The van der Waals surface area contributed by atoms with E-state index in [1.807, 2.05) is 0 Å². The Kier molecular flexibility index (Phi) is 19.2. The predicted octanol–water partition coefficient (Wildman–Crippen LogP) is -14.6. The number of thioether (sulfide) groups is 1. The van der Waals surface area contributed by atoms with Crippen molar-refractivity contribution in [3.05, 3.63) is 6.33 Å². The maximum absolute atomic E-state index is 12.0. The summed E-state index contributed by atoms with van der Waals surface area (Å²) in [6.45, 7) is -0.894. The molecule has 0 aliphatic carbocycles. The monoisotopic (exact) mass is 636 g/mol. The van der Waals surface area contributed by atoms with E-state index in [2.05, 4.69) is 28.1 Å². The van der Waals surface area contributed by atoms with Crippen LogP contribution in [0.2, 0.25) is 0 Å². The number of aliphatic hydroxyl groups excluding tert-OH is 2. The van der Waals surface area contributed by atoms with Gasteiger partial charge in [0.05, 0.1) is 28.2 Å². The molecule has 0 bridgehead atoms. The van der Waals surface area contributed by atoms with Crippen LogP contribution in [0.25, 0.3) is 11.2 Å². The van der Waals surface area contributed by atoms with Gasteiger partial charge in [-0.3, -0.25) is 17.8 Å². The standard InChI is InChI=1S/C11H17BN5O12P3S.4Na/c1-33-11-15-8(13)5-9(16-11)17(3-14-5)10-7(19)6(18)4(27-10)2-26-30(12,20)28-32(24,25)29-31(21,22)23;;;;/h3-4,6-7,10,18-19H,2H2,1H3,(H,24,25)(H2,13,15,16)(H2,21,22,23);;;;/q-1;4*+1/p-3/t4-,6-,7-,10-,30?;;;;/m1..../s1. The molecule has 1 aliphatic heterocycles. The Hall–Kier alpha value is 3.09. The van der Waals surface area contributed by atoms with Crippen LogP contribution < -0.4 is 139 Å². The van der Waals surface area contributed by atoms with Gasteiger partial charge in [0.1, 0.15) is 23.8 Å². The smallest absolute Gasteiger partial charge is 0.790 e. The molecule has 183 valence electrons. The molecule has 3 heterocycles. The molecule has 4 N–H and O–H groups in total. The molecule has 2 unspecified atom stereocenters. The predicted molar refractivity (Wildman–Crippen MR) is 104 cm³/mol. The van der Waals surface area contributed by atoms with Crippen LogP contribution in [-0.4, -0.2) is 68.5 Å². The van der Waals surface area contributed by atoms with Crippen LogP contribution >= 0.6 is 34.9 Å². The van der Waals surface area contributed by atoms with Crippen LogP contribution in [0.4, 0.5) is 5.82 Å². The number of nitrogen functional groups attached to an aromatic ring is 1. The SMILES string of the molecule is [B-]P(=O)(OC[C@H]1O[C@@H](n2cnc3c(N)nc(SC)nc32)[C@H](O)[C@@H]1O)OP(=O)([O-])OP(=O)([O-])[O-].[Na+].[Na+].[Na+].[Na+]. The normalized spacial score (nSPS) is 24.5. The largest absolute Gasteiger partial charge is 1.00 e. The first-order chi connectivity index (χ1) is 15.1. The van der Waals surface area contributed by atoms with Crippen LogP contribution in [0.15, 0.2) is 11.5 Å². The third-order valence-electron chi connectivity index (χ3n) is 4.05. The zero-order valence-electron chi connectivity index (χ0n) is 20.3. The quantitative estimate of drug-likeness (QED) is 0.0998. The van der Waals surface area contributed by atoms with Crippen molar-refractivity contribution in [2.45, 2.75) is 29.7 Å². The van der Waals surface area contributed by atoms with Crippen molar-refractivity contribution in [2.24, 2.45) is 0 Å². The van der Waals surface area contributed by atoms with Crippen LogP contribution in [0.3, 0.4) is 0 Å². The number of fused-ring (bicyclic) bond motifs is 1. The number of aromatic nitrogens is 4. The molecule has 0 aromatic carbocycles. The summed E-state index contributed by atoms with van der Waals surface area (Å²) in [4.78, 5) is 44.4. The molecule has 0 spiro atoms. The van der Waals surface area contributed by atoms with Gasteiger partial charge in [-0.15, -0.1) is 0 Å². The van der Waals surface area contributed by atoms with Gasteiger partial charge in [-0.25, -0.2) is 15.0 Å². The van der Waals surface area contributed by atoms with Crippen molar-refractivity contribution >= 4 is 59.4 Å². The fourth-order valence-corrected chi connectivity index (χ4v) is 6.16. The summed E-state index contributed by atoms with van der Waals surface area (Å²) in [7, 11) is -12.0. The zero-order chi connectivity index (χ0) is 24.8. The Morgan fingerprint density at radius 3 is 2.27 bits per heavy atom. The summed E-state index contributed by atoms with van der Waals surface area (Å²) in [6.07, 6.45) is -3.06. The fraction of sp³-hybridized carbons (Fsp3) is 0.545. The van der Waals surface area contributed by atoms with E-state index < -0.39 is 54.3 Å². The van der Waals surface area contributed by atoms with Gasteiger partial charge >= 0.3 is 118 Å². The van der Waals surface area contributed by atoms with Gasteiger partial charge in [-0.2, -0.15) is 0 Å². The maximum atomic E-state index is 12.0. The first kappa shape index (κ1) is 42.2. The Morgan fingerprint density at radius 1 is 1.14 bits per heavy atom. The number of nitrogens with two attached hydrogens (primary N) is 1. The van der Waals surface area contributed by atoms with E-state index in [0.29, 0.717) is 5.16 Å². The van der Waals surface area contributed by atoms with E-state index in [-0.39, 0.29) is 135 Å². The summed E-state index contributed by atoms with van der Waals surface area (Å²) < 4.78 is 52.0. The van der Waals surface area contributed by atoms with Crippen molar-refractivity contribution in [3.63, 3.8) is 0 Å². The molecule has 26 heteroatoms. The van der Waals surface area contributed by atoms with E-state index in [1.165, 1.54) is 22.7 Å². The Balaban J connectivity index is 0. The Morgan fingerprint density at radius 2 is 1.73 bits per heavy atom. The molecule has 2 aromatic rings. The number of phosphoric acid groups is 2. The number of nitrogens with zero attached hydrogens (tertiary/aromatic N) is 4. The van der Waals surface area contributed by atoms with Gasteiger partial charge in [0, 0.05) is 0 Å². The molecule has 6 atom stereocenters. The first-order valence-electron chi connectivity index (χ1n) is 8.47. The van der Waals surface area contributed by atoms with Crippen LogP contribution in [0.5, 0.6) is 0 Å². The van der Waals surface area contributed by atoms with Gasteiger partial charge in [0.25, 0.3) is 7.82 Å². The average Bonchev–Trinajstić information content (AvgIpc) is 3.19.